The van der Waals surface area contributed by atoms with Gasteiger partial charge in [-0.3, -0.25) is 0 Å². The molecule has 1 heterocycles. The van der Waals surface area contributed by atoms with Crippen LogP contribution in [0.3, 0.4) is 0 Å². The van der Waals surface area contributed by atoms with E-state index in [0.717, 1.165) is 6.42 Å². The summed E-state index contributed by atoms with van der Waals surface area (Å²) in [7, 11) is 0. The van der Waals surface area contributed by atoms with Gasteiger partial charge in [0.2, 0.25) is 0 Å². The summed E-state index contributed by atoms with van der Waals surface area (Å²) in [5.41, 5.74) is 0.696. The Labute approximate surface area is 105 Å². The Morgan fingerprint density at radius 2 is 1.78 bits per heavy atom. The van der Waals surface area contributed by atoms with E-state index in [1.165, 1.54) is 0 Å². The van der Waals surface area contributed by atoms with Crippen molar-refractivity contribution in [3.63, 3.8) is 0 Å². The zero-order chi connectivity index (χ0) is 13.4. The number of aliphatic hydroxyl groups excluding tert-OH is 5. The molecule has 1 aliphatic heterocycles. The average Bonchev–Trinajstić information content (AvgIpc) is 2.79. The molecule has 0 amide bonds. The molecule has 6 nitrogen and oxygen atoms in total. The smallest absolute Gasteiger partial charge is 0.113 e. The van der Waals surface area contributed by atoms with Crippen LogP contribution in [0.2, 0.25) is 0 Å². The molecule has 0 saturated heterocycles. The van der Waals surface area contributed by atoms with Crippen molar-refractivity contribution in [1.82, 2.24) is 0 Å². The second-order valence-corrected chi connectivity index (χ2v) is 4.94. The van der Waals surface area contributed by atoms with Gasteiger partial charge in [-0.05, 0) is 17.6 Å². The fourth-order valence-corrected chi connectivity index (χ4v) is 2.68. The Hall–Kier alpha value is -0.500. The van der Waals surface area contributed by atoms with Gasteiger partial charge >= 0.3 is 0 Å². The van der Waals surface area contributed by atoms with Crippen molar-refractivity contribution in [3.05, 3.63) is 11.1 Å². The second kappa shape index (κ2) is 5.24. The lowest BCUT2D eigenvalue weighted by Gasteiger charge is -2.35. The van der Waals surface area contributed by atoms with Crippen LogP contribution in [0.1, 0.15) is 19.8 Å². The molecular weight excluding hydrogens is 240 g/mol. The third kappa shape index (κ3) is 2.09. The van der Waals surface area contributed by atoms with Crippen LogP contribution in [0.4, 0.5) is 0 Å². The Kier molecular flexibility index (Phi) is 4.05. The fourth-order valence-electron chi connectivity index (χ4n) is 2.68. The zero-order valence-corrected chi connectivity index (χ0v) is 10.2. The minimum Gasteiger partial charge on any atom is -0.390 e. The molecule has 0 unspecified atom stereocenters. The molecule has 2 rings (SSSR count). The first-order chi connectivity index (χ1) is 8.49. The summed E-state index contributed by atoms with van der Waals surface area (Å²) >= 11 is 0. The summed E-state index contributed by atoms with van der Waals surface area (Å²) < 4.78 is 5.39. The molecule has 18 heavy (non-hydrogen) atoms. The highest BCUT2D eigenvalue weighted by Crippen LogP contribution is 2.36. The summed E-state index contributed by atoms with van der Waals surface area (Å²) in [4.78, 5) is 0. The first-order valence-electron chi connectivity index (χ1n) is 6.23. The average molecular weight is 260 g/mol. The van der Waals surface area contributed by atoms with Gasteiger partial charge in [0.15, 0.2) is 0 Å². The predicted molar refractivity (Wildman–Crippen MR) is 61.7 cm³/mol. The lowest BCUT2D eigenvalue weighted by atomic mass is 9.81. The molecule has 0 aromatic carbocycles. The van der Waals surface area contributed by atoms with Gasteiger partial charge in [-0.15, -0.1) is 0 Å². The molecule has 0 bridgehead atoms. The van der Waals surface area contributed by atoms with Gasteiger partial charge in [0, 0.05) is 0 Å². The van der Waals surface area contributed by atoms with Crippen molar-refractivity contribution in [3.8, 4) is 0 Å². The van der Waals surface area contributed by atoms with Crippen LogP contribution >= 0.6 is 0 Å². The number of hydrogen-bond donors (Lipinski definition) is 5. The molecule has 0 saturated carbocycles. The largest absolute Gasteiger partial charge is 0.390 e. The SMILES string of the molecule is CCC[C@H](O)[C@@H]1OCC2=C1[C@H](O)[C@H](O)[C@@H](O)[C@H]2O. The molecule has 0 radical (unpaired) electrons. The summed E-state index contributed by atoms with van der Waals surface area (Å²) in [6.07, 6.45) is -5.69. The molecule has 6 heteroatoms. The van der Waals surface area contributed by atoms with E-state index in [2.05, 4.69) is 0 Å². The van der Waals surface area contributed by atoms with Gasteiger partial charge in [-0.2, -0.15) is 0 Å². The predicted octanol–water partition coefficient (Wildman–Crippen LogP) is -1.70. The van der Waals surface area contributed by atoms with Crippen molar-refractivity contribution in [2.75, 3.05) is 6.61 Å². The van der Waals surface area contributed by atoms with Crippen molar-refractivity contribution in [1.29, 1.82) is 0 Å². The Morgan fingerprint density at radius 3 is 2.39 bits per heavy atom. The zero-order valence-electron chi connectivity index (χ0n) is 10.2. The third-order valence-corrected chi connectivity index (χ3v) is 3.70. The number of rotatable bonds is 3. The van der Waals surface area contributed by atoms with Gasteiger partial charge < -0.3 is 30.3 Å². The van der Waals surface area contributed by atoms with Crippen molar-refractivity contribution in [2.45, 2.75) is 56.4 Å². The molecule has 5 N–H and O–H groups in total. The van der Waals surface area contributed by atoms with E-state index in [-0.39, 0.29) is 6.61 Å². The fraction of sp³-hybridized carbons (Fsp3) is 0.833. The summed E-state index contributed by atoms with van der Waals surface area (Å²) in [5, 5.41) is 49.0. The highest BCUT2D eigenvalue weighted by molar-refractivity contribution is 5.36. The van der Waals surface area contributed by atoms with Gasteiger partial charge in [0.25, 0.3) is 0 Å². The van der Waals surface area contributed by atoms with Gasteiger partial charge in [0.1, 0.15) is 30.5 Å². The number of aliphatic hydroxyl groups is 5. The van der Waals surface area contributed by atoms with E-state index in [4.69, 9.17) is 4.74 Å². The standard InChI is InChI=1S/C12H20O6/c1-2-3-6(13)12-7-5(4-18-12)8(14)10(16)11(17)9(7)15/h6,8-17H,2-4H2,1H3/t6-,8-,9-,10-,11-,12-/m0/s1. The molecule has 6 atom stereocenters. The number of hydrogen-bond acceptors (Lipinski definition) is 6. The Bertz CT molecular complexity index is 341. The van der Waals surface area contributed by atoms with E-state index < -0.39 is 36.6 Å². The third-order valence-electron chi connectivity index (χ3n) is 3.70. The second-order valence-electron chi connectivity index (χ2n) is 4.94. The van der Waals surface area contributed by atoms with Crippen LogP contribution < -0.4 is 0 Å². The quantitative estimate of drug-likeness (QED) is 0.387. The molecule has 0 fully saturated rings. The maximum absolute atomic E-state index is 9.95. The summed E-state index contributed by atoms with van der Waals surface area (Å²) in [5.74, 6) is 0. The summed E-state index contributed by atoms with van der Waals surface area (Å²) in [6, 6.07) is 0. The minimum absolute atomic E-state index is 0.0583. The highest BCUT2D eigenvalue weighted by atomic mass is 16.5. The lowest BCUT2D eigenvalue weighted by Crippen LogP contribution is -2.52. The summed E-state index contributed by atoms with van der Waals surface area (Å²) in [6.45, 7) is 1.97. The Balaban J connectivity index is 2.28. The highest BCUT2D eigenvalue weighted by Gasteiger charge is 2.48. The van der Waals surface area contributed by atoms with Crippen LogP contribution in [0.5, 0.6) is 0 Å². The first kappa shape index (κ1) is 13.9. The molecule has 0 spiro atoms. The van der Waals surface area contributed by atoms with Crippen LogP contribution in [0, 0.1) is 0 Å². The minimum atomic E-state index is -1.46. The molecule has 0 aromatic heterocycles. The van der Waals surface area contributed by atoms with Gasteiger partial charge in [-0.25, -0.2) is 0 Å². The first-order valence-corrected chi connectivity index (χ1v) is 6.23. The molecule has 2 aliphatic rings. The Morgan fingerprint density at radius 1 is 1.17 bits per heavy atom. The van der Waals surface area contributed by atoms with Crippen LogP contribution in [-0.4, -0.2) is 68.8 Å². The molecule has 104 valence electrons. The number of ether oxygens (including phenoxy) is 1. The lowest BCUT2D eigenvalue weighted by molar-refractivity contribution is -0.0988. The van der Waals surface area contributed by atoms with Gasteiger partial charge in [0.05, 0.1) is 12.7 Å². The van der Waals surface area contributed by atoms with E-state index in [1.54, 1.807) is 0 Å². The molecule has 1 aliphatic carbocycles. The molecular formula is C12H20O6. The normalized spacial score (nSPS) is 42.0. The van der Waals surface area contributed by atoms with Crippen molar-refractivity contribution in [2.24, 2.45) is 0 Å². The van der Waals surface area contributed by atoms with Gasteiger partial charge in [-0.1, -0.05) is 13.3 Å². The molecule has 0 aromatic rings. The van der Waals surface area contributed by atoms with E-state index in [9.17, 15) is 25.5 Å². The van der Waals surface area contributed by atoms with E-state index in [1.807, 2.05) is 6.92 Å². The van der Waals surface area contributed by atoms with Crippen molar-refractivity contribution >= 4 is 0 Å². The van der Waals surface area contributed by atoms with E-state index in [0.29, 0.717) is 17.6 Å². The van der Waals surface area contributed by atoms with Crippen molar-refractivity contribution < 1.29 is 30.3 Å². The monoisotopic (exact) mass is 260 g/mol. The maximum atomic E-state index is 9.95. The maximum Gasteiger partial charge on any atom is 0.113 e. The van der Waals surface area contributed by atoms with Crippen LogP contribution in [-0.2, 0) is 4.74 Å². The van der Waals surface area contributed by atoms with Crippen LogP contribution in [0.15, 0.2) is 11.1 Å². The van der Waals surface area contributed by atoms with Crippen LogP contribution in [0.25, 0.3) is 0 Å². The van der Waals surface area contributed by atoms with E-state index >= 15 is 0 Å². The topological polar surface area (TPSA) is 110 Å².